The van der Waals surface area contributed by atoms with E-state index in [2.05, 4.69) is 26.7 Å². The van der Waals surface area contributed by atoms with Gasteiger partial charge in [0.2, 0.25) is 5.91 Å². The first-order valence-corrected chi connectivity index (χ1v) is 12.5. The zero-order chi connectivity index (χ0) is 25.0. The molecule has 182 valence electrons. The minimum Gasteiger partial charge on any atom is -0.348 e. The maximum absolute atomic E-state index is 12.8. The van der Waals surface area contributed by atoms with Crippen LogP contribution in [0.2, 0.25) is 5.02 Å². The highest BCUT2D eigenvalue weighted by molar-refractivity contribution is 6.30. The number of anilines is 1. The summed E-state index contributed by atoms with van der Waals surface area (Å²) in [4.78, 5) is 31.4. The van der Waals surface area contributed by atoms with Crippen LogP contribution in [0.15, 0.2) is 42.9 Å². The SMILES string of the molecule is C[C@@H](c1cncc(N2C[C@H]3C[C@H]3C2=O)c1)n1cc(C(=O)N[C@H]2C[C@@H](c3cc(Cl)ccc3C#N)C2)nn1. The Labute approximate surface area is 213 Å². The summed E-state index contributed by atoms with van der Waals surface area (Å²) in [7, 11) is 0. The molecule has 2 amide bonds. The first kappa shape index (κ1) is 22.7. The van der Waals surface area contributed by atoms with Crippen LogP contribution in [0, 0.1) is 23.2 Å². The first-order valence-electron chi connectivity index (χ1n) is 12.1. The van der Waals surface area contributed by atoms with Crippen molar-refractivity contribution in [2.75, 3.05) is 11.4 Å². The van der Waals surface area contributed by atoms with E-state index in [4.69, 9.17) is 11.6 Å². The third-order valence-electron chi connectivity index (χ3n) is 7.65. The summed E-state index contributed by atoms with van der Waals surface area (Å²) in [6.45, 7) is 2.71. The summed E-state index contributed by atoms with van der Waals surface area (Å²) in [5.74, 6) is 0.764. The maximum Gasteiger partial charge on any atom is 0.273 e. The highest BCUT2D eigenvalue weighted by atomic mass is 35.5. The highest BCUT2D eigenvalue weighted by Crippen LogP contribution is 2.47. The number of benzene rings is 1. The predicted molar refractivity (Wildman–Crippen MR) is 131 cm³/mol. The molecule has 3 atom stereocenters. The number of fused-ring (bicyclic) bond motifs is 1. The van der Waals surface area contributed by atoms with Crippen LogP contribution in [-0.2, 0) is 4.79 Å². The molecular formula is C26H24ClN7O2. The molecule has 3 heterocycles. The fraction of sp³-hybridized carbons (Fsp3) is 0.385. The molecule has 0 spiro atoms. The average Bonchev–Trinajstić information content (AvgIpc) is 3.32. The number of aromatic nitrogens is 4. The molecule has 6 rings (SSSR count). The fourth-order valence-electron chi connectivity index (χ4n) is 5.28. The molecule has 36 heavy (non-hydrogen) atoms. The lowest BCUT2D eigenvalue weighted by Crippen LogP contribution is -2.43. The highest BCUT2D eigenvalue weighted by Gasteiger charge is 2.52. The summed E-state index contributed by atoms with van der Waals surface area (Å²) < 4.78 is 1.63. The summed E-state index contributed by atoms with van der Waals surface area (Å²) in [6.07, 6.45) is 7.57. The Morgan fingerprint density at radius 1 is 1.25 bits per heavy atom. The monoisotopic (exact) mass is 501 g/mol. The van der Waals surface area contributed by atoms with E-state index in [1.54, 1.807) is 35.4 Å². The molecule has 2 aromatic heterocycles. The van der Waals surface area contributed by atoms with Crippen LogP contribution in [0.5, 0.6) is 0 Å². The third-order valence-corrected chi connectivity index (χ3v) is 7.88. The van der Waals surface area contributed by atoms with Gasteiger partial charge < -0.3 is 10.2 Å². The maximum atomic E-state index is 12.8. The number of amides is 2. The van der Waals surface area contributed by atoms with Gasteiger partial charge in [-0.25, -0.2) is 4.68 Å². The van der Waals surface area contributed by atoms with E-state index >= 15 is 0 Å². The number of nitrogens with zero attached hydrogens (tertiary/aromatic N) is 6. The molecule has 0 bridgehead atoms. The van der Waals surface area contributed by atoms with Gasteiger partial charge in [0.1, 0.15) is 0 Å². The molecule has 3 aliphatic rings. The van der Waals surface area contributed by atoms with Gasteiger partial charge >= 0.3 is 0 Å². The molecule has 3 aromatic rings. The number of nitrogens with one attached hydrogen (secondary N) is 1. The number of nitriles is 1. The van der Waals surface area contributed by atoms with E-state index in [1.807, 2.05) is 24.0 Å². The number of halogens is 1. The van der Waals surface area contributed by atoms with Crippen LogP contribution >= 0.6 is 11.6 Å². The van der Waals surface area contributed by atoms with Gasteiger partial charge in [-0.2, -0.15) is 5.26 Å². The minimum absolute atomic E-state index is 0.000638. The van der Waals surface area contributed by atoms with Gasteiger partial charge in [-0.05, 0) is 73.4 Å². The van der Waals surface area contributed by atoms with Crippen molar-refractivity contribution in [1.82, 2.24) is 25.3 Å². The Kier molecular flexibility index (Phi) is 5.49. The van der Waals surface area contributed by atoms with Gasteiger partial charge in [0, 0.05) is 29.7 Å². The van der Waals surface area contributed by atoms with Crippen LogP contribution in [0.3, 0.4) is 0 Å². The topological polar surface area (TPSA) is 117 Å². The van der Waals surface area contributed by atoms with Gasteiger partial charge in [0.15, 0.2) is 5.69 Å². The minimum atomic E-state index is -0.280. The van der Waals surface area contributed by atoms with E-state index in [0.717, 1.165) is 42.6 Å². The van der Waals surface area contributed by atoms with Crippen molar-refractivity contribution < 1.29 is 9.59 Å². The van der Waals surface area contributed by atoms with Crippen LogP contribution in [0.1, 0.15) is 65.3 Å². The average molecular weight is 502 g/mol. The quantitative estimate of drug-likeness (QED) is 0.552. The van der Waals surface area contributed by atoms with Gasteiger partial charge in [0.05, 0.1) is 35.8 Å². The van der Waals surface area contributed by atoms with E-state index in [1.165, 1.54) is 0 Å². The second kappa shape index (κ2) is 8.71. The van der Waals surface area contributed by atoms with Crippen molar-refractivity contribution in [3.8, 4) is 6.07 Å². The van der Waals surface area contributed by atoms with Crippen LogP contribution in [0.25, 0.3) is 0 Å². The summed E-state index contributed by atoms with van der Waals surface area (Å²) in [5.41, 5.74) is 3.47. The van der Waals surface area contributed by atoms with Crippen molar-refractivity contribution in [2.45, 2.75) is 44.2 Å². The number of carbonyl (C=O) groups is 2. The molecule has 2 saturated carbocycles. The fourth-order valence-corrected chi connectivity index (χ4v) is 5.46. The van der Waals surface area contributed by atoms with Crippen molar-refractivity contribution in [1.29, 1.82) is 5.26 Å². The van der Waals surface area contributed by atoms with Gasteiger partial charge in [-0.1, -0.05) is 16.8 Å². The lowest BCUT2D eigenvalue weighted by molar-refractivity contribution is -0.118. The standard InChI is InChI=1S/C26H24ClN7O2/c1-14(17-6-21(11-29-10-17)33-12-18-7-23(18)26(33)36)34-13-24(31-32-34)25(35)30-20-4-16(5-20)22-8-19(27)3-2-15(22)9-28/h2-3,6,8,10-11,13-14,16,18,20,23H,4-5,7,12H2,1H3,(H,30,35)/t14-,16-,18+,20+,23+/m0/s1. The number of hydrogen-bond donors (Lipinski definition) is 1. The van der Waals surface area contributed by atoms with E-state index in [0.29, 0.717) is 16.5 Å². The second-order valence-corrected chi connectivity index (χ2v) is 10.4. The van der Waals surface area contributed by atoms with Crippen LogP contribution in [-0.4, -0.2) is 44.4 Å². The predicted octanol–water partition coefficient (Wildman–Crippen LogP) is 3.47. The zero-order valence-electron chi connectivity index (χ0n) is 19.6. The smallest absolute Gasteiger partial charge is 0.273 e. The van der Waals surface area contributed by atoms with Crippen LogP contribution in [0.4, 0.5) is 5.69 Å². The molecule has 9 nitrogen and oxygen atoms in total. The summed E-state index contributed by atoms with van der Waals surface area (Å²) >= 11 is 6.11. The zero-order valence-corrected chi connectivity index (χ0v) is 20.4. The van der Waals surface area contributed by atoms with Crippen molar-refractivity contribution >= 4 is 29.1 Å². The van der Waals surface area contributed by atoms with Gasteiger partial charge in [-0.3, -0.25) is 14.6 Å². The molecule has 1 N–H and O–H groups in total. The largest absolute Gasteiger partial charge is 0.348 e. The van der Waals surface area contributed by atoms with Crippen molar-refractivity contribution in [3.63, 3.8) is 0 Å². The van der Waals surface area contributed by atoms with E-state index < -0.39 is 0 Å². The lowest BCUT2D eigenvalue weighted by Gasteiger charge is -2.36. The molecule has 3 fully saturated rings. The third kappa shape index (κ3) is 4.01. The molecule has 1 saturated heterocycles. The Morgan fingerprint density at radius 3 is 2.83 bits per heavy atom. The Balaban J connectivity index is 1.08. The number of piperidine rings is 1. The molecule has 2 aliphatic carbocycles. The number of hydrogen-bond acceptors (Lipinski definition) is 6. The Bertz CT molecular complexity index is 1410. The number of rotatable bonds is 6. The molecule has 0 radical (unpaired) electrons. The molecule has 1 aromatic carbocycles. The van der Waals surface area contributed by atoms with E-state index in [9.17, 15) is 14.9 Å². The van der Waals surface area contributed by atoms with E-state index in [-0.39, 0.29) is 41.4 Å². The molecule has 10 heteroatoms. The molecular weight excluding hydrogens is 478 g/mol. The van der Waals surface area contributed by atoms with Crippen molar-refractivity contribution in [2.24, 2.45) is 11.8 Å². The number of carbonyl (C=O) groups excluding carboxylic acids is 2. The second-order valence-electron chi connectivity index (χ2n) is 9.97. The van der Waals surface area contributed by atoms with Gasteiger partial charge in [-0.15, -0.1) is 5.10 Å². The molecule has 0 unspecified atom stereocenters. The Hall–Kier alpha value is -3.77. The lowest BCUT2D eigenvalue weighted by atomic mass is 9.74. The summed E-state index contributed by atoms with van der Waals surface area (Å²) in [5, 5.41) is 21.2. The van der Waals surface area contributed by atoms with Crippen LogP contribution < -0.4 is 10.2 Å². The normalized spacial score (nSPS) is 25.0. The molecule has 1 aliphatic heterocycles. The van der Waals surface area contributed by atoms with Crippen molar-refractivity contribution in [3.05, 3.63) is 70.3 Å². The summed E-state index contributed by atoms with van der Waals surface area (Å²) in [6, 6.07) is 9.25. The number of pyridine rings is 1. The Morgan fingerprint density at radius 2 is 2.08 bits per heavy atom. The van der Waals surface area contributed by atoms with Gasteiger partial charge in [0.25, 0.3) is 5.91 Å². The first-order chi connectivity index (χ1) is 17.4.